The van der Waals surface area contributed by atoms with Crippen LogP contribution in [0, 0.1) is 5.92 Å². The van der Waals surface area contributed by atoms with E-state index in [1.165, 1.54) is 38.5 Å². The van der Waals surface area contributed by atoms with E-state index in [0.29, 0.717) is 6.04 Å². The smallest absolute Gasteiger partial charge is 0.0640 e. The summed E-state index contributed by atoms with van der Waals surface area (Å²) in [5, 5.41) is 4.58. The van der Waals surface area contributed by atoms with Gasteiger partial charge in [0.2, 0.25) is 0 Å². The Hall–Kier alpha value is -0.830. The molecule has 108 valence electrons. The van der Waals surface area contributed by atoms with Gasteiger partial charge in [0.25, 0.3) is 0 Å². The number of nitrogens with two attached hydrogens (primary N) is 1. The van der Waals surface area contributed by atoms with Crippen LogP contribution < -0.4 is 5.73 Å². The van der Waals surface area contributed by atoms with Crippen molar-refractivity contribution < 1.29 is 0 Å². The van der Waals surface area contributed by atoms with Gasteiger partial charge in [0.15, 0.2) is 0 Å². The Kier molecular flexibility index (Phi) is 5.44. The quantitative estimate of drug-likeness (QED) is 0.850. The minimum absolute atomic E-state index is 0.275. The summed E-state index contributed by atoms with van der Waals surface area (Å²) in [5.74, 6) is 0.938. The largest absolute Gasteiger partial charge is 0.327 e. The second-order valence-corrected chi connectivity index (χ2v) is 6.43. The zero-order valence-corrected chi connectivity index (χ0v) is 12.5. The SMILES string of the molecule is CC(C)n1ccc(CC(N)CCC2CCCCC2)n1. The van der Waals surface area contributed by atoms with Crippen molar-refractivity contribution in [3.05, 3.63) is 18.0 Å². The van der Waals surface area contributed by atoms with Crippen LogP contribution in [0.25, 0.3) is 0 Å². The summed E-state index contributed by atoms with van der Waals surface area (Å²) in [6, 6.07) is 2.82. The standard InChI is InChI=1S/C16H29N3/c1-13(2)19-11-10-16(18-19)12-15(17)9-8-14-6-4-3-5-7-14/h10-11,13-15H,3-9,12,17H2,1-2H3. The molecule has 0 bridgehead atoms. The van der Waals surface area contributed by atoms with Crippen molar-refractivity contribution in [1.29, 1.82) is 0 Å². The molecule has 3 heteroatoms. The normalized spacial score (nSPS) is 18.9. The predicted molar refractivity (Wildman–Crippen MR) is 80.1 cm³/mol. The Morgan fingerprint density at radius 3 is 2.68 bits per heavy atom. The van der Waals surface area contributed by atoms with Crippen LogP contribution in [0.1, 0.15) is 70.5 Å². The second-order valence-electron chi connectivity index (χ2n) is 6.43. The molecule has 1 unspecified atom stereocenters. The van der Waals surface area contributed by atoms with Crippen molar-refractivity contribution in [2.75, 3.05) is 0 Å². The van der Waals surface area contributed by atoms with Crippen LogP contribution in [0.15, 0.2) is 12.3 Å². The van der Waals surface area contributed by atoms with E-state index >= 15 is 0 Å². The van der Waals surface area contributed by atoms with Crippen LogP contribution in [0.2, 0.25) is 0 Å². The van der Waals surface area contributed by atoms with Gasteiger partial charge in [0, 0.05) is 24.7 Å². The van der Waals surface area contributed by atoms with E-state index < -0.39 is 0 Å². The fourth-order valence-corrected chi connectivity index (χ4v) is 3.07. The van der Waals surface area contributed by atoms with Gasteiger partial charge in [0.1, 0.15) is 0 Å². The summed E-state index contributed by atoms with van der Waals surface area (Å²) in [6.45, 7) is 4.31. The van der Waals surface area contributed by atoms with Crippen LogP contribution in [0.5, 0.6) is 0 Å². The van der Waals surface area contributed by atoms with E-state index in [-0.39, 0.29) is 6.04 Å². The first kappa shape index (κ1) is 14.6. The van der Waals surface area contributed by atoms with Crippen molar-refractivity contribution in [3.63, 3.8) is 0 Å². The molecule has 2 rings (SSSR count). The van der Waals surface area contributed by atoms with Crippen LogP contribution in [0.3, 0.4) is 0 Å². The molecule has 1 atom stereocenters. The molecule has 1 fully saturated rings. The number of aromatic nitrogens is 2. The fourth-order valence-electron chi connectivity index (χ4n) is 3.07. The highest BCUT2D eigenvalue weighted by atomic mass is 15.3. The minimum atomic E-state index is 0.275. The Balaban J connectivity index is 1.72. The molecule has 3 nitrogen and oxygen atoms in total. The predicted octanol–water partition coefficient (Wildman–Crippen LogP) is 3.69. The minimum Gasteiger partial charge on any atom is -0.327 e. The Bertz CT molecular complexity index is 364. The lowest BCUT2D eigenvalue weighted by molar-refractivity contribution is 0.322. The highest BCUT2D eigenvalue weighted by molar-refractivity contribution is 5.01. The molecule has 0 amide bonds. The zero-order valence-electron chi connectivity index (χ0n) is 12.5. The number of hydrogen-bond acceptors (Lipinski definition) is 2. The molecule has 1 aliphatic carbocycles. The summed E-state index contributed by atoms with van der Waals surface area (Å²) in [7, 11) is 0. The molecule has 0 radical (unpaired) electrons. The van der Waals surface area contributed by atoms with Crippen LogP contribution in [-0.4, -0.2) is 15.8 Å². The van der Waals surface area contributed by atoms with E-state index in [1.54, 1.807) is 0 Å². The molecule has 0 aromatic carbocycles. The molecule has 2 N–H and O–H groups in total. The van der Waals surface area contributed by atoms with E-state index in [0.717, 1.165) is 24.5 Å². The van der Waals surface area contributed by atoms with Crippen molar-refractivity contribution >= 4 is 0 Å². The van der Waals surface area contributed by atoms with E-state index in [1.807, 2.05) is 4.68 Å². The molecule has 0 spiro atoms. The maximum absolute atomic E-state index is 6.26. The van der Waals surface area contributed by atoms with Crippen molar-refractivity contribution in [1.82, 2.24) is 9.78 Å². The average Bonchev–Trinajstić information content (AvgIpc) is 2.86. The van der Waals surface area contributed by atoms with Crippen LogP contribution >= 0.6 is 0 Å². The van der Waals surface area contributed by atoms with Gasteiger partial charge < -0.3 is 5.73 Å². The lowest BCUT2D eigenvalue weighted by atomic mass is 9.85. The van der Waals surface area contributed by atoms with Crippen LogP contribution in [0.4, 0.5) is 0 Å². The highest BCUT2D eigenvalue weighted by Gasteiger charge is 2.15. The summed E-state index contributed by atoms with van der Waals surface area (Å²) in [6.07, 6.45) is 12.6. The summed E-state index contributed by atoms with van der Waals surface area (Å²) in [5.41, 5.74) is 7.40. The Morgan fingerprint density at radius 1 is 1.32 bits per heavy atom. The van der Waals surface area contributed by atoms with E-state index in [2.05, 4.69) is 31.2 Å². The Labute approximate surface area is 117 Å². The van der Waals surface area contributed by atoms with Crippen LogP contribution in [-0.2, 0) is 6.42 Å². The Morgan fingerprint density at radius 2 is 2.05 bits per heavy atom. The third-order valence-corrected chi connectivity index (χ3v) is 4.33. The summed E-state index contributed by atoms with van der Waals surface area (Å²) < 4.78 is 2.02. The zero-order chi connectivity index (χ0) is 13.7. The van der Waals surface area contributed by atoms with Gasteiger partial charge in [0.05, 0.1) is 5.69 Å². The molecule has 1 aromatic heterocycles. The molecule has 1 saturated carbocycles. The first-order valence-corrected chi connectivity index (χ1v) is 7.94. The molecule has 1 aromatic rings. The molecule has 1 heterocycles. The monoisotopic (exact) mass is 263 g/mol. The fraction of sp³-hybridized carbons (Fsp3) is 0.812. The molecule has 19 heavy (non-hydrogen) atoms. The first-order valence-electron chi connectivity index (χ1n) is 7.94. The van der Waals surface area contributed by atoms with Gasteiger partial charge in [-0.05, 0) is 38.7 Å². The maximum Gasteiger partial charge on any atom is 0.0640 e. The second kappa shape index (κ2) is 7.09. The van der Waals surface area contributed by atoms with Gasteiger partial charge in [-0.25, -0.2) is 0 Å². The lowest BCUT2D eigenvalue weighted by Gasteiger charge is -2.22. The summed E-state index contributed by atoms with van der Waals surface area (Å²) >= 11 is 0. The van der Waals surface area contributed by atoms with Gasteiger partial charge in [-0.1, -0.05) is 32.1 Å². The van der Waals surface area contributed by atoms with E-state index in [4.69, 9.17) is 5.73 Å². The molecule has 1 aliphatic rings. The van der Waals surface area contributed by atoms with Crippen molar-refractivity contribution in [2.45, 2.75) is 77.3 Å². The third kappa shape index (κ3) is 4.64. The highest BCUT2D eigenvalue weighted by Crippen LogP contribution is 2.27. The first-order chi connectivity index (χ1) is 9.15. The van der Waals surface area contributed by atoms with Crippen molar-refractivity contribution in [2.24, 2.45) is 11.7 Å². The molecule has 0 aliphatic heterocycles. The lowest BCUT2D eigenvalue weighted by Crippen LogP contribution is -2.24. The molecular weight excluding hydrogens is 234 g/mol. The third-order valence-electron chi connectivity index (χ3n) is 4.33. The van der Waals surface area contributed by atoms with Gasteiger partial charge >= 0.3 is 0 Å². The van der Waals surface area contributed by atoms with Gasteiger partial charge in [-0.15, -0.1) is 0 Å². The molecular formula is C16H29N3. The topological polar surface area (TPSA) is 43.8 Å². The summed E-state index contributed by atoms with van der Waals surface area (Å²) in [4.78, 5) is 0. The number of rotatable bonds is 6. The molecule has 0 saturated heterocycles. The van der Waals surface area contributed by atoms with Gasteiger partial charge in [-0.2, -0.15) is 5.10 Å². The number of hydrogen-bond donors (Lipinski definition) is 1. The van der Waals surface area contributed by atoms with Crippen molar-refractivity contribution in [3.8, 4) is 0 Å². The number of nitrogens with zero attached hydrogens (tertiary/aromatic N) is 2. The average molecular weight is 263 g/mol. The maximum atomic E-state index is 6.26. The van der Waals surface area contributed by atoms with E-state index in [9.17, 15) is 0 Å². The van der Waals surface area contributed by atoms with Gasteiger partial charge in [-0.3, -0.25) is 4.68 Å².